The number of aryl methyl sites for hydroxylation is 1. The van der Waals surface area contributed by atoms with Crippen LogP contribution >= 0.6 is 11.8 Å². The molecule has 0 atom stereocenters. The lowest BCUT2D eigenvalue weighted by Gasteiger charge is -2.09. The molecule has 0 fully saturated rings. The maximum absolute atomic E-state index is 12.0. The molecule has 5 heteroatoms. The summed E-state index contributed by atoms with van der Waals surface area (Å²) in [6, 6.07) is 8.29. The van der Waals surface area contributed by atoms with Gasteiger partial charge in [0, 0.05) is 17.0 Å². The van der Waals surface area contributed by atoms with E-state index in [1.165, 1.54) is 5.56 Å². The van der Waals surface area contributed by atoms with Crippen molar-refractivity contribution in [3.05, 3.63) is 51.4 Å². The van der Waals surface area contributed by atoms with Crippen molar-refractivity contribution in [1.82, 2.24) is 9.97 Å². The molecule has 2 aromatic rings. The number of thioether (sulfide) groups is 1. The fourth-order valence-corrected chi connectivity index (χ4v) is 3.30. The summed E-state index contributed by atoms with van der Waals surface area (Å²) in [5, 5.41) is 3.83. The standard InChI is InChI=1S/C17H21N3OS/c1-11(2)22-10-12-6-8-13(9-7-12)18-17-19-15-5-3-4-14(15)16(21)20-17/h6-9,11H,3-5,10H2,1-2H3,(H2,18,19,20,21). The van der Waals surface area contributed by atoms with Crippen LogP contribution in [0.3, 0.4) is 0 Å². The van der Waals surface area contributed by atoms with Crippen molar-refractivity contribution in [1.29, 1.82) is 0 Å². The summed E-state index contributed by atoms with van der Waals surface area (Å²) >= 11 is 1.93. The van der Waals surface area contributed by atoms with Gasteiger partial charge in [-0.2, -0.15) is 11.8 Å². The van der Waals surface area contributed by atoms with Gasteiger partial charge in [0.05, 0.1) is 5.69 Å². The number of aromatic amines is 1. The van der Waals surface area contributed by atoms with Gasteiger partial charge in [0.1, 0.15) is 0 Å². The maximum atomic E-state index is 12.0. The van der Waals surface area contributed by atoms with Gasteiger partial charge in [0.25, 0.3) is 5.56 Å². The second kappa shape index (κ2) is 6.57. The predicted octanol–water partition coefficient (Wildman–Crippen LogP) is 3.64. The van der Waals surface area contributed by atoms with E-state index >= 15 is 0 Å². The number of H-pyrrole nitrogens is 1. The molecule has 0 spiro atoms. The molecule has 0 bridgehead atoms. The number of fused-ring (bicyclic) bond motifs is 1. The first kappa shape index (κ1) is 15.2. The first-order valence-corrected chi connectivity index (χ1v) is 8.76. The monoisotopic (exact) mass is 315 g/mol. The van der Waals surface area contributed by atoms with Crippen molar-refractivity contribution >= 4 is 23.4 Å². The number of nitrogens with zero attached hydrogens (tertiary/aromatic N) is 1. The number of aromatic nitrogens is 2. The molecule has 0 amide bonds. The number of benzene rings is 1. The molecular weight excluding hydrogens is 294 g/mol. The van der Waals surface area contributed by atoms with Crippen LogP contribution in [-0.4, -0.2) is 15.2 Å². The van der Waals surface area contributed by atoms with E-state index in [-0.39, 0.29) is 5.56 Å². The molecule has 1 aromatic heterocycles. The molecule has 0 radical (unpaired) electrons. The van der Waals surface area contributed by atoms with Gasteiger partial charge in [-0.15, -0.1) is 0 Å². The second-order valence-electron chi connectivity index (χ2n) is 5.88. The van der Waals surface area contributed by atoms with Gasteiger partial charge in [-0.05, 0) is 42.2 Å². The minimum atomic E-state index is -0.00467. The highest BCUT2D eigenvalue weighted by atomic mass is 32.2. The number of hydrogen-bond acceptors (Lipinski definition) is 4. The van der Waals surface area contributed by atoms with Crippen molar-refractivity contribution in [2.45, 2.75) is 44.1 Å². The van der Waals surface area contributed by atoms with Crippen LogP contribution in [0, 0.1) is 0 Å². The summed E-state index contributed by atoms with van der Waals surface area (Å²) < 4.78 is 0. The average molecular weight is 315 g/mol. The fourth-order valence-electron chi connectivity index (χ4n) is 2.58. The van der Waals surface area contributed by atoms with Gasteiger partial charge in [0.15, 0.2) is 0 Å². The Bertz CT molecular complexity index is 707. The molecular formula is C17H21N3OS. The molecule has 0 saturated heterocycles. The normalized spacial score (nSPS) is 13.4. The highest BCUT2D eigenvalue weighted by molar-refractivity contribution is 7.99. The number of hydrogen-bond donors (Lipinski definition) is 2. The summed E-state index contributed by atoms with van der Waals surface area (Å²) in [6.07, 6.45) is 2.77. The molecule has 116 valence electrons. The van der Waals surface area contributed by atoms with Crippen LogP contribution in [0.1, 0.15) is 37.1 Å². The van der Waals surface area contributed by atoms with E-state index in [2.05, 4.69) is 41.3 Å². The number of rotatable bonds is 5. The minimum absolute atomic E-state index is 0.00467. The van der Waals surface area contributed by atoms with Crippen LogP contribution in [0.2, 0.25) is 0 Å². The molecule has 0 unspecified atom stereocenters. The molecule has 1 aliphatic carbocycles. The van der Waals surface area contributed by atoms with Crippen molar-refractivity contribution in [3.63, 3.8) is 0 Å². The van der Waals surface area contributed by atoms with Crippen molar-refractivity contribution in [2.24, 2.45) is 0 Å². The van der Waals surface area contributed by atoms with Crippen LogP contribution in [0.15, 0.2) is 29.1 Å². The van der Waals surface area contributed by atoms with Crippen molar-refractivity contribution in [2.75, 3.05) is 5.32 Å². The largest absolute Gasteiger partial charge is 0.326 e. The number of nitrogens with one attached hydrogen (secondary N) is 2. The van der Waals surface area contributed by atoms with Crippen LogP contribution < -0.4 is 10.9 Å². The third-order valence-corrected chi connectivity index (χ3v) is 4.91. The van der Waals surface area contributed by atoms with Crippen LogP contribution in [0.25, 0.3) is 0 Å². The summed E-state index contributed by atoms with van der Waals surface area (Å²) in [7, 11) is 0. The zero-order chi connectivity index (χ0) is 15.5. The molecule has 1 aliphatic rings. The summed E-state index contributed by atoms with van der Waals surface area (Å²) in [5.41, 5.74) is 4.04. The molecule has 2 N–H and O–H groups in total. The fraction of sp³-hybridized carbons (Fsp3) is 0.412. The quantitative estimate of drug-likeness (QED) is 0.884. The van der Waals surface area contributed by atoms with E-state index < -0.39 is 0 Å². The maximum Gasteiger partial charge on any atom is 0.255 e. The van der Waals surface area contributed by atoms with E-state index in [1.54, 1.807) is 0 Å². The van der Waals surface area contributed by atoms with Crippen LogP contribution in [0.5, 0.6) is 0 Å². The Balaban J connectivity index is 1.71. The molecule has 22 heavy (non-hydrogen) atoms. The molecule has 3 rings (SSSR count). The van der Waals surface area contributed by atoms with Crippen LogP contribution in [0.4, 0.5) is 11.6 Å². The topological polar surface area (TPSA) is 57.8 Å². The molecule has 0 aliphatic heterocycles. The SMILES string of the molecule is CC(C)SCc1ccc(Nc2nc3c(c(=O)[nH]2)CCC3)cc1. The number of anilines is 2. The molecule has 1 aromatic carbocycles. The van der Waals surface area contributed by atoms with E-state index in [0.717, 1.165) is 42.0 Å². The van der Waals surface area contributed by atoms with Gasteiger partial charge in [-0.25, -0.2) is 4.98 Å². The first-order valence-electron chi connectivity index (χ1n) is 7.71. The zero-order valence-corrected chi connectivity index (χ0v) is 13.8. The first-order chi connectivity index (χ1) is 10.6. The summed E-state index contributed by atoms with van der Waals surface area (Å²) in [4.78, 5) is 19.3. The highest BCUT2D eigenvalue weighted by Gasteiger charge is 2.16. The third kappa shape index (κ3) is 3.53. The van der Waals surface area contributed by atoms with E-state index in [9.17, 15) is 4.79 Å². The Hall–Kier alpha value is -1.75. The predicted molar refractivity (Wildman–Crippen MR) is 93.0 cm³/mol. The molecule has 4 nitrogen and oxygen atoms in total. The van der Waals surface area contributed by atoms with Gasteiger partial charge in [0.2, 0.25) is 5.95 Å². The Morgan fingerprint density at radius 1 is 1.27 bits per heavy atom. The summed E-state index contributed by atoms with van der Waals surface area (Å²) in [6.45, 7) is 4.41. The van der Waals surface area contributed by atoms with E-state index in [4.69, 9.17) is 0 Å². The van der Waals surface area contributed by atoms with Gasteiger partial charge < -0.3 is 5.32 Å². The van der Waals surface area contributed by atoms with Crippen molar-refractivity contribution in [3.8, 4) is 0 Å². The lowest BCUT2D eigenvalue weighted by molar-refractivity contribution is 0.899. The lowest BCUT2D eigenvalue weighted by atomic mass is 10.2. The highest BCUT2D eigenvalue weighted by Crippen LogP contribution is 2.21. The molecule has 1 heterocycles. The third-order valence-electron chi connectivity index (χ3n) is 3.74. The van der Waals surface area contributed by atoms with Gasteiger partial charge in [-0.3, -0.25) is 9.78 Å². The van der Waals surface area contributed by atoms with Gasteiger partial charge in [-0.1, -0.05) is 26.0 Å². The van der Waals surface area contributed by atoms with Crippen LogP contribution in [-0.2, 0) is 18.6 Å². The van der Waals surface area contributed by atoms with Crippen molar-refractivity contribution < 1.29 is 0 Å². The Kier molecular flexibility index (Phi) is 4.52. The lowest BCUT2D eigenvalue weighted by Crippen LogP contribution is -2.16. The Morgan fingerprint density at radius 2 is 2.05 bits per heavy atom. The summed E-state index contributed by atoms with van der Waals surface area (Å²) in [5.74, 6) is 1.56. The van der Waals surface area contributed by atoms with Gasteiger partial charge >= 0.3 is 0 Å². The van der Waals surface area contributed by atoms with E-state index in [0.29, 0.717) is 11.2 Å². The zero-order valence-electron chi connectivity index (χ0n) is 13.0. The average Bonchev–Trinajstić information content (AvgIpc) is 2.95. The second-order valence-corrected chi connectivity index (χ2v) is 7.44. The molecule has 0 saturated carbocycles. The van der Waals surface area contributed by atoms with E-state index in [1.807, 2.05) is 23.9 Å². The smallest absolute Gasteiger partial charge is 0.255 e. The minimum Gasteiger partial charge on any atom is -0.326 e. The Morgan fingerprint density at radius 3 is 2.77 bits per heavy atom. The Labute approximate surface area is 134 Å².